The molecular formula is C17H24N2O2. The van der Waals surface area contributed by atoms with Crippen LogP contribution in [0, 0.1) is 0 Å². The normalized spacial score (nSPS) is 22.0. The molecule has 1 heterocycles. The van der Waals surface area contributed by atoms with Gasteiger partial charge in [-0.25, -0.2) is 0 Å². The number of hydrogen-bond donors (Lipinski definition) is 1. The van der Waals surface area contributed by atoms with Crippen molar-refractivity contribution < 1.29 is 9.53 Å². The van der Waals surface area contributed by atoms with Crippen molar-refractivity contribution in [1.82, 2.24) is 10.2 Å². The van der Waals surface area contributed by atoms with E-state index in [4.69, 9.17) is 4.74 Å². The van der Waals surface area contributed by atoms with Crippen LogP contribution in [0.25, 0.3) is 0 Å². The molecule has 21 heavy (non-hydrogen) atoms. The van der Waals surface area contributed by atoms with Gasteiger partial charge in [0.2, 0.25) is 0 Å². The molecule has 2 aliphatic rings. The minimum Gasteiger partial charge on any atom is -0.465 e. The molecule has 4 nitrogen and oxygen atoms in total. The number of hydrogen-bond acceptors (Lipinski definition) is 4. The van der Waals surface area contributed by atoms with Crippen molar-refractivity contribution in [3.05, 3.63) is 34.9 Å². The lowest BCUT2D eigenvalue weighted by Crippen LogP contribution is -2.54. The van der Waals surface area contributed by atoms with Gasteiger partial charge < -0.3 is 10.1 Å². The summed E-state index contributed by atoms with van der Waals surface area (Å²) in [6.45, 7) is 5.64. The Bertz CT molecular complexity index is 516. The van der Waals surface area contributed by atoms with Crippen molar-refractivity contribution in [2.24, 2.45) is 0 Å². The predicted octanol–water partition coefficient (Wildman–Crippen LogP) is 1.51. The van der Waals surface area contributed by atoms with Crippen molar-refractivity contribution >= 4 is 5.97 Å². The van der Waals surface area contributed by atoms with Gasteiger partial charge in [-0.3, -0.25) is 9.69 Å². The zero-order chi connectivity index (χ0) is 14.7. The average molecular weight is 288 g/mol. The standard InChI is InChI=1S/C17H24N2O2/c1-2-21-17(20)16-11-18-8-9-19(16)12-13-6-7-14-4-3-5-15(14)10-13/h6-7,10,16,18H,2-5,8-9,11-12H2,1H3. The monoisotopic (exact) mass is 288 g/mol. The summed E-state index contributed by atoms with van der Waals surface area (Å²) in [4.78, 5) is 14.3. The lowest BCUT2D eigenvalue weighted by Gasteiger charge is -2.34. The fourth-order valence-electron chi connectivity index (χ4n) is 3.36. The third-order valence-electron chi connectivity index (χ3n) is 4.46. The maximum atomic E-state index is 12.1. The van der Waals surface area contributed by atoms with Gasteiger partial charge in [0.1, 0.15) is 6.04 Å². The molecule has 0 radical (unpaired) electrons. The highest BCUT2D eigenvalue weighted by molar-refractivity contribution is 5.76. The minimum absolute atomic E-state index is 0.106. The van der Waals surface area contributed by atoms with Crippen LogP contribution < -0.4 is 5.32 Å². The maximum absolute atomic E-state index is 12.1. The quantitative estimate of drug-likeness (QED) is 0.853. The molecule has 0 amide bonds. The van der Waals surface area contributed by atoms with Crippen LogP contribution in [0.3, 0.4) is 0 Å². The zero-order valence-electron chi connectivity index (χ0n) is 12.7. The van der Waals surface area contributed by atoms with Gasteiger partial charge in [-0.1, -0.05) is 18.2 Å². The highest BCUT2D eigenvalue weighted by Crippen LogP contribution is 2.24. The third kappa shape index (κ3) is 3.27. The lowest BCUT2D eigenvalue weighted by molar-refractivity contribution is -0.150. The molecule has 1 N–H and O–H groups in total. The smallest absolute Gasteiger partial charge is 0.324 e. The molecule has 3 rings (SSSR count). The number of fused-ring (bicyclic) bond motifs is 1. The first-order valence-corrected chi connectivity index (χ1v) is 8.00. The number of carbonyl (C=O) groups is 1. The Morgan fingerprint density at radius 2 is 2.24 bits per heavy atom. The molecule has 0 spiro atoms. The molecule has 4 heteroatoms. The van der Waals surface area contributed by atoms with Gasteiger partial charge >= 0.3 is 5.97 Å². The van der Waals surface area contributed by atoms with Crippen LogP contribution in [-0.4, -0.2) is 43.2 Å². The zero-order valence-corrected chi connectivity index (χ0v) is 12.7. The van der Waals surface area contributed by atoms with E-state index in [1.165, 1.54) is 36.0 Å². The second-order valence-electron chi connectivity index (χ2n) is 5.90. The summed E-state index contributed by atoms with van der Waals surface area (Å²) in [6.07, 6.45) is 3.69. The lowest BCUT2D eigenvalue weighted by atomic mass is 10.0. The third-order valence-corrected chi connectivity index (χ3v) is 4.46. The second-order valence-corrected chi connectivity index (χ2v) is 5.90. The Morgan fingerprint density at radius 3 is 3.10 bits per heavy atom. The van der Waals surface area contributed by atoms with E-state index in [0.29, 0.717) is 13.2 Å². The summed E-state index contributed by atoms with van der Waals surface area (Å²) in [5.74, 6) is -0.106. The number of esters is 1. The number of benzene rings is 1. The van der Waals surface area contributed by atoms with Gasteiger partial charge in [-0.05, 0) is 42.9 Å². The summed E-state index contributed by atoms with van der Waals surface area (Å²) < 4.78 is 5.20. The molecule has 0 bridgehead atoms. The molecular weight excluding hydrogens is 264 g/mol. The van der Waals surface area contributed by atoms with E-state index in [9.17, 15) is 4.79 Å². The van der Waals surface area contributed by atoms with Crippen molar-refractivity contribution in [2.45, 2.75) is 38.8 Å². The highest BCUT2D eigenvalue weighted by atomic mass is 16.5. The van der Waals surface area contributed by atoms with Crippen LogP contribution in [-0.2, 0) is 28.9 Å². The van der Waals surface area contributed by atoms with Crippen molar-refractivity contribution in [3.63, 3.8) is 0 Å². The number of rotatable bonds is 4. The van der Waals surface area contributed by atoms with E-state index in [1.54, 1.807) is 0 Å². The SMILES string of the molecule is CCOC(=O)C1CNCCN1Cc1ccc2c(c1)CCC2. The Hall–Kier alpha value is -1.39. The van der Waals surface area contributed by atoms with E-state index in [-0.39, 0.29) is 12.0 Å². The first-order chi connectivity index (χ1) is 10.3. The Morgan fingerprint density at radius 1 is 1.38 bits per heavy atom. The van der Waals surface area contributed by atoms with E-state index in [2.05, 4.69) is 28.4 Å². The number of aryl methyl sites for hydroxylation is 2. The molecule has 0 saturated carbocycles. The van der Waals surface area contributed by atoms with Crippen LogP contribution in [0.2, 0.25) is 0 Å². The van der Waals surface area contributed by atoms with Gasteiger partial charge in [0.25, 0.3) is 0 Å². The molecule has 1 aromatic rings. The number of piperazine rings is 1. The minimum atomic E-state index is -0.160. The van der Waals surface area contributed by atoms with E-state index in [1.807, 2.05) is 6.92 Å². The molecule has 1 aliphatic carbocycles. The van der Waals surface area contributed by atoms with Gasteiger partial charge in [0.05, 0.1) is 6.61 Å². The summed E-state index contributed by atoms with van der Waals surface area (Å²) >= 11 is 0. The van der Waals surface area contributed by atoms with Crippen LogP contribution >= 0.6 is 0 Å². The molecule has 1 aromatic carbocycles. The Kier molecular flexibility index (Phi) is 4.56. The van der Waals surface area contributed by atoms with Gasteiger partial charge in [-0.15, -0.1) is 0 Å². The van der Waals surface area contributed by atoms with E-state index >= 15 is 0 Å². The number of nitrogens with one attached hydrogen (secondary N) is 1. The largest absolute Gasteiger partial charge is 0.465 e. The molecule has 1 aliphatic heterocycles. The molecule has 1 fully saturated rings. The molecule has 1 atom stereocenters. The van der Waals surface area contributed by atoms with Crippen molar-refractivity contribution in [3.8, 4) is 0 Å². The molecule has 1 unspecified atom stereocenters. The molecule has 1 saturated heterocycles. The highest BCUT2D eigenvalue weighted by Gasteiger charge is 2.29. The first-order valence-electron chi connectivity index (χ1n) is 8.00. The van der Waals surface area contributed by atoms with Gasteiger partial charge in [0, 0.05) is 26.2 Å². The van der Waals surface area contributed by atoms with Crippen LogP contribution in [0.1, 0.15) is 30.0 Å². The second kappa shape index (κ2) is 6.58. The van der Waals surface area contributed by atoms with Gasteiger partial charge in [-0.2, -0.15) is 0 Å². The van der Waals surface area contributed by atoms with Crippen molar-refractivity contribution in [1.29, 1.82) is 0 Å². The summed E-state index contributed by atoms with van der Waals surface area (Å²) in [5, 5.41) is 3.29. The predicted molar refractivity (Wildman–Crippen MR) is 82.2 cm³/mol. The van der Waals surface area contributed by atoms with Crippen LogP contribution in [0.15, 0.2) is 18.2 Å². The van der Waals surface area contributed by atoms with Crippen LogP contribution in [0.4, 0.5) is 0 Å². The summed E-state index contributed by atoms with van der Waals surface area (Å²) in [7, 11) is 0. The Balaban J connectivity index is 1.70. The average Bonchev–Trinajstić information content (AvgIpc) is 2.95. The first kappa shape index (κ1) is 14.5. The number of carbonyl (C=O) groups excluding carboxylic acids is 1. The fourth-order valence-corrected chi connectivity index (χ4v) is 3.36. The van der Waals surface area contributed by atoms with Crippen molar-refractivity contribution in [2.75, 3.05) is 26.2 Å². The van der Waals surface area contributed by atoms with Crippen LogP contribution in [0.5, 0.6) is 0 Å². The van der Waals surface area contributed by atoms with Gasteiger partial charge in [0.15, 0.2) is 0 Å². The Labute approximate surface area is 126 Å². The number of ether oxygens (including phenoxy) is 1. The van der Waals surface area contributed by atoms with E-state index in [0.717, 1.165) is 19.6 Å². The molecule has 0 aromatic heterocycles. The number of nitrogens with zero attached hydrogens (tertiary/aromatic N) is 1. The summed E-state index contributed by atoms with van der Waals surface area (Å²) in [6, 6.07) is 6.65. The maximum Gasteiger partial charge on any atom is 0.324 e. The fraction of sp³-hybridized carbons (Fsp3) is 0.588. The molecule has 114 valence electrons. The summed E-state index contributed by atoms with van der Waals surface area (Å²) in [5.41, 5.74) is 4.31. The van der Waals surface area contributed by atoms with E-state index < -0.39 is 0 Å². The topological polar surface area (TPSA) is 41.6 Å².